The second-order valence-electron chi connectivity index (χ2n) is 7.22. The van der Waals surface area contributed by atoms with Gasteiger partial charge in [0.1, 0.15) is 12.6 Å². The topological polar surface area (TPSA) is 97.1 Å². The number of amides is 2. The van der Waals surface area contributed by atoms with Gasteiger partial charge in [-0.3, -0.25) is 14.5 Å². The summed E-state index contributed by atoms with van der Waals surface area (Å²) in [5.41, 5.74) is 5.89. The maximum absolute atomic E-state index is 12.9. The molecule has 3 N–H and O–H groups in total. The number of nitrogens with two attached hydrogens (primary N) is 1. The molecule has 0 spiro atoms. The average Bonchev–Trinajstić information content (AvgIpc) is 3.53. The zero-order valence-electron chi connectivity index (χ0n) is 16.6. The fraction of sp³-hybridized carbons (Fsp3) is 0.579. The quantitative estimate of drug-likeness (QED) is 0.529. The minimum atomic E-state index is -3.16. The van der Waals surface area contributed by atoms with Crippen LogP contribution in [0, 0.1) is 0 Å². The summed E-state index contributed by atoms with van der Waals surface area (Å²) in [6, 6.07) is 2.80. The van der Waals surface area contributed by atoms with E-state index in [4.69, 9.17) is 10.5 Å². The number of hydrogen-bond donors (Lipinski definition) is 2. The molecule has 1 saturated carbocycles. The molecule has 0 bridgehead atoms. The van der Waals surface area contributed by atoms with Crippen molar-refractivity contribution in [3.8, 4) is 5.75 Å². The molecule has 0 unspecified atom stereocenters. The number of rotatable bonds is 10. The van der Waals surface area contributed by atoms with Crippen molar-refractivity contribution < 1.29 is 36.6 Å². The van der Waals surface area contributed by atoms with Crippen LogP contribution in [-0.2, 0) is 14.3 Å². The van der Waals surface area contributed by atoms with Gasteiger partial charge >= 0.3 is 6.61 Å². The van der Waals surface area contributed by atoms with Crippen molar-refractivity contribution in [3.63, 3.8) is 0 Å². The molecule has 0 aromatic heterocycles. The zero-order valence-corrected chi connectivity index (χ0v) is 16.6. The van der Waals surface area contributed by atoms with Crippen molar-refractivity contribution in [3.05, 3.63) is 18.2 Å². The van der Waals surface area contributed by atoms with E-state index in [0.717, 1.165) is 6.07 Å². The molecule has 1 aliphatic carbocycles. The van der Waals surface area contributed by atoms with E-state index >= 15 is 0 Å². The zero-order chi connectivity index (χ0) is 22.5. The third-order valence-corrected chi connectivity index (χ3v) is 5.01. The Balaban J connectivity index is 1.79. The largest absolute Gasteiger partial charge is 0.433 e. The van der Waals surface area contributed by atoms with E-state index in [2.05, 4.69) is 10.1 Å². The molecular formula is C19H24F4N4O4. The van der Waals surface area contributed by atoms with Crippen LogP contribution in [0.1, 0.15) is 12.8 Å². The van der Waals surface area contributed by atoms with Crippen LogP contribution in [0.4, 0.5) is 28.9 Å². The normalized spacial score (nSPS) is 18.1. The standard InChI is InChI=1S/C19H24F4N4O4/c20-16(21)9-27(12-2-3-12)14(8-24)18(29)25-11-1-4-13(15(7-11)31-19(22)23)26-5-6-30-10-17(26)28/h1,4,7,12,14,16,19H,2-3,5-6,8-10,24H2,(H,25,29)/t14-/m1/s1. The first-order valence-corrected chi connectivity index (χ1v) is 9.82. The van der Waals surface area contributed by atoms with Crippen LogP contribution < -0.4 is 20.7 Å². The third-order valence-electron chi connectivity index (χ3n) is 5.01. The summed E-state index contributed by atoms with van der Waals surface area (Å²) in [5.74, 6) is -1.36. The van der Waals surface area contributed by atoms with Gasteiger partial charge in [0.25, 0.3) is 12.3 Å². The first-order chi connectivity index (χ1) is 14.8. The van der Waals surface area contributed by atoms with Crippen molar-refractivity contribution >= 4 is 23.2 Å². The number of nitrogens with zero attached hydrogens (tertiary/aromatic N) is 2. The number of benzene rings is 1. The van der Waals surface area contributed by atoms with Gasteiger partial charge in [-0.05, 0) is 25.0 Å². The number of carbonyl (C=O) groups is 2. The minimum Gasteiger partial charge on any atom is -0.433 e. The van der Waals surface area contributed by atoms with E-state index in [1.54, 1.807) is 0 Å². The molecule has 2 aliphatic rings. The summed E-state index contributed by atoms with van der Waals surface area (Å²) in [6.45, 7) is -3.73. The fourth-order valence-electron chi connectivity index (χ4n) is 3.49. The smallest absolute Gasteiger partial charge is 0.387 e. The van der Waals surface area contributed by atoms with E-state index in [9.17, 15) is 27.2 Å². The summed E-state index contributed by atoms with van der Waals surface area (Å²) in [5, 5.41) is 2.53. The Labute approximate surface area is 176 Å². The van der Waals surface area contributed by atoms with Crippen LogP contribution in [0.3, 0.4) is 0 Å². The van der Waals surface area contributed by atoms with Crippen LogP contribution >= 0.6 is 0 Å². The monoisotopic (exact) mass is 448 g/mol. The number of ether oxygens (including phenoxy) is 2. The minimum absolute atomic E-state index is 0.108. The molecule has 1 saturated heterocycles. The maximum Gasteiger partial charge on any atom is 0.387 e. The lowest BCUT2D eigenvalue weighted by molar-refractivity contribution is -0.126. The van der Waals surface area contributed by atoms with Crippen LogP contribution in [0.15, 0.2) is 18.2 Å². The Hall–Kier alpha value is -2.44. The molecule has 172 valence electrons. The lowest BCUT2D eigenvalue weighted by Gasteiger charge is -2.30. The molecule has 1 heterocycles. The highest BCUT2D eigenvalue weighted by Crippen LogP contribution is 2.34. The lowest BCUT2D eigenvalue weighted by Crippen LogP contribution is -2.51. The molecule has 1 aromatic rings. The molecule has 8 nitrogen and oxygen atoms in total. The van der Waals surface area contributed by atoms with Crippen LogP contribution in [0.5, 0.6) is 5.75 Å². The Bertz CT molecular complexity index is 794. The number of nitrogens with one attached hydrogen (secondary N) is 1. The number of carbonyl (C=O) groups excluding carboxylic acids is 2. The summed E-state index contributed by atoms with van der Waals surface area (Å²) >= 11 is 0. The number of morpholine rings is 1. The van der Waals surface area contributed by atoms with Gasteiger partial charge in [-0.1, -0.05) is 0 Å². The van der Waals surface area contributed by atoms with E-state index in [0.29, 0.717) is 12.8 Å². The molecule has 12 heteroatoms. The Morgan fingerprint density at radius 2 is 2.06 bits per heavy atom. The first-order valence-electron chi connectivity index (χ1n) is 9.82. The third kappa shape index (κ3) is 6.05. The number of alkyl halides is 4. The van der Waals surface area contributed by atoms with Crippen molar-refractivity contribution in [2.24, 2.45) is 5.73 Å². The maximum atomic E-state index is 12.9. The van der Waals surface area contributed by atoms with Crippen molar-refractivity contribution in [2.75, 3.05) is 43.1 Å². The highest BCUT2D eigenvalue weighted by molar-refractivity contribution is 5.98. The van der Waals surface area contributed by atoms with E-state index < -0.39 is 37.4 Å². The second-order valence-corrected chi connectivity index (χ2v) is 7.22. The predicted octanol–water partition coefficient (Wildman–Crippen LogP) is 1.65. The lowest BCUT2D eigenvalue weighted by atomic mass is 10.2. The molecule has 1 aliphatic heterocycles. The van der Waals surface area contributed by atoms with Crippen molar-refractivity contribution in [1.29, 1.82) is 0 Å². The Morgan fingerprint density at radius 3 is 2.65 bits per heavy atom. The summed E-state index contributed by atoms with van der Waals surface area (Å²) in [6.07, 6.45) is -1.23. The van der Waals surface area contributed by atoms with E-state index in [1.807, 2.05) is 0 Å². The molecule has 0 radical (unpaired) electrons. The molecule has 31 heavy (non-hydrogen) atoms. The highest BCUT2D eigenvalue weighted by Gasteiger charge is 2.38. The van der Waals surface area contributed by atoms with Gasteiger partial charge in [-0.15, -0.1) is 0 Å². The number of anilines is 2. The van der Waals surface area contributed by atoms with E-state index in [-0.39, 0.29) is 49.5 Å². The molecule has 1 aromatic carbocycles. The fourth-order valence-corrected chi connectivity index (χ4v) is 3.49. The summed E-state index contributed by atoms with van der Waals surface area (Å²) in [7, 11) is 0. The van der Waals surface area contributed by atoms with Gasteiger partial charge in [0.05, 0.1) is 18.8 Å². The van der Waals surface area contributed by atoms with Gasteiger partial charge in [-0.2, -0.15) is 8.78 Å². The first kappa shape index (κ1) is 23.2. The van der Waals surface area contributed by atoms with Crippen LogP contribution in [0.25, 0.3) is 0 Å². The SMILES string of the molecule is NC[C@H](C(=O)Nc1ccc(N2CCOCC2=O)c(OC(F)F)c1)N(CC(F)F)C1CC1. The van der Waals surface area contributed by atoms with Crippen molar-refractivity contribution in [1.82, 2.24) is 4.90 Å². The van der Waals surface area contributed by atoms with Gasteiger partial charge in [0.2, 0.25) is 5.91 Å². The predicted molar refractivity (Wildman–Crippen MR) is 103 cm³/mol. The molecule has 3 rings (SSSR count). The number of hydrogen-bond acceptors (Lipinski definition) is 6. The van der Waals surface area contributed by atoms with Crippen LogP contribution in [0.2, 0.25) is 0 Å². The van der Waals surface area contributed by atoms with E-state index in [1.165, 1.54) is 21.9 Å². The summed E-state index contributed by atoms with van der Waals surface area (Å²) in [4.78, 5) is 27.4. The molecular weight excluding hydrogens is 424 g/mol. The van der Waals surface area contributed by atoms with Gasteiger partial charge in [0.15, 0.2) is 5.75 Å². The molecule has 2 amide bonds. The van der Waals surface area contributed by atoms with Crippen molar-refractivity contribution in [2.45, 2.75) is 38.0 Å². The summed E-state index contributed by atoms with van der Waals surface area (Å²) < 4.78 is 61.3. The van der Waals surface area contributed by atoms with Gasteiger partial charge in [-0.25, -0.2) is 8.78 Å². The average molecular weight is 448 g/mol. The van der Waals surface area contributed by atoms with Gasteiger partial charge in [0, 0.05) is 30.9 Å². The second kappa shape index (κ2) is 10.2. The van der Waals surface area contributed by atoms with Gasteiger partial charge < -0.3 is 25.4 Å². The highest BCUT2D eigenvalue weighted by atomic mass is 19.3. The van der Waals surface area contributed by atoms with Crippen LogP contribution in [-0.4, -0.2) is 74.7 Å². The molecule has 1 atom stereocenters. The Morgan fingerprint density at radius 1 is 1.32 bits per heavy atom. The number of halogens is 4. The molecule has 2 fully saturated rings. The Kier molecular flexibility index (Phi) is 7.68.